The maximum absolute atomic E-state index is 12.4. The molecule has 0 spiro atoms. The number of nitriles is 1. The van der Waals surface area contributed by atoms with E-state index in [1.165, 1.54) is 6.08 Å². The van der Waals surface area contributed by atoms with E-state index in [4.69, 9.17) is 9.15 Å². The third-order valence-electron chi connectivity index (χ3n) is 3.60. The monoisotopic (exact) mass is 332 g/mol. The fourth-order valence-corrected chi connectivity index (χ4v) is 2.37. The molecule has 2 aromatic carbocycles. The average Bonchev–Trinajstić information content (AvgIpc) is 3.05. The van der Waals surface area contributed by atoms with Crippen LogP contribution in [0.5, 0.6) is 5.75 Å². The first-order valence-corrected chi connectivity index (χ1v) is 7.91. The quantitative estimate of drug-likeness (QED) is 0.635. The number of carbonyl (C=O) groups excluding carboxylic acids is 1. The second-order valence-electron chi connectivity index (χ2n) is 5.32. The maximum Gasteiger partial charge on any atom is 0.220 e. The summed E-state index contributed by atoms with van der Waals surface area (Å²) in [6, 6.07) is 16.5. The molecule has 0 unspecified atom stereocenters. The number of hydrogen-bond donors (Lipinski definition) is 0. The lowest BCUT2D eigenvalue weighted by atomic mass is 10.0. The number of ether oxygens (including phenoxy) is 1. The molecule has 5 nitrogen and oxygen atoms in total. The van der Waals surface area contributed by atoms with E-state index in [2.05, 4.69) is 4.98 Å². The predicted octanol–water partition coefficient (Wildman–Crippen LogP) is 4.12. The minimum absolute atomic E-state index is 0.116. The third-order valence-corrected chi connectivity index (χ3v) is 3.60. The summed E-state index contributed by atoms with van der Waals surface area (Å²) in [7, 11) is 0. The van der Waals surface area contributed by atoms with Gasteiger partial charge in [-0.05, 0) is 42.8 Å². The molecule has 1 atom stereocenters. The van der Waals surface area contributed by atoms with Gasteiger partial charge in [0.25, 0.3) is 0 Å². The molecule has 0 aliphatic heterocycles. The van der Waals surface area contributed by atoms with Crippen LogP contribution in [0.25, 0.3) is 17.2 Å². The summed E-state index contributed by atoms with van der Waals surface area (Å²) >= 11 is 0. The average molecular weight is 332 g/mol. The zero-order valence-electron chi connectivity index (χ0n) is 13.7. The van der Waals surface area contributed by atoms with E-state index in [0.29, 0.717) is 17.7 Å². The van der Waals surface area contributed by atoms with Crippen LogP contribution >= 0.6 is 0 Å². The summed E-state index contributed by atoms with van der Waals surface area (Å²) in [6.45, 7) is 2.52. The number of para-hydroxylation sites is 2. The van der Waals surface area contributed by atoms with Crippen molar-refractivity contribution in [3.05, 3.63) is 66.1 Å². The number of hydrogen-bond acceptors (Lipinski definition) is 5. The molecule has 0 aliphatic rings. The van der Waals surface area contributed by atoms with Crippen molar-refractivity contribution in [2.45, 2.75) is 12.8 Å². The summed E-state index contributed by atoms with van der Waals surface area (Å²) in [5.74, 6) is -0.549. The molecule has 0 N–H and O–H groups in total. The van der Waals surface area contributed by atoms with Crippen LogP contribution in [0.1, 0.15) is 24.3 Å². The van der Waals surface area contributed by atoms with Crippen molar-refractivity contribution in [3.63, 3.8) is 0 Å². The normalized spacial score (nSPS) is 12.2. The van der Waals surface area contributed by atoms with E-state index >= 15 is 0 Å². The second kappa shape index (κ2) is 7.45. The van der Waals surface area contributed by atoms with Crippen molar-refractivity contribution in [1.29, 1.82) is 5.26 Å². The first-order chi connectivity index (χ1) is 12.2. The Morgan fingerprint density at radius 1 is 1.28 bits per heavy atom. The van der Waals surface area contributed by atoms with Crippen molar-refractivity contribution in [1.82, 2.24) is 4.98 Å². The van der Waals surface area contributed by atoms with Gasteiger partial charge in [-0.3, -0.25) is 4.79 Å². The zero-order chi connectivity index (χ0) is 17.6. The van der Waals surface area contributed by atoms with E-state index in [9.17, 15) is 10.1 Å². The summed E-state index contributed by atoms with van der Waals surface area (Å²) in [5, 5.41) is 9.35. The summed E-state index contributed by atoms with van der Waals surface area (Å²) in [6.07, 6.45) is 3.03. The van der Waals surface area contributed by atoms with Crippen LogP contribution in [0.15, 0.2) is 59.0 Å². The van der Waals surface area contributed by atoms with Crippen LogP contribution in [-0.2, 0) is 4.79 Å². The van der Waals surface area contributed by atoms with E-state index < -0.39 is 5.92 Å². The van der Waals surface area contributed by atoms with Gasteiger partial charge in [0, 0.05) is 0 Å². The Balaban J connectivity index is 1.77. The molecule has 0 aliphatic carbocycles. The van der Waals surface area contributed by atoms with Gasteiger partial charge in [0.1, 0.15) is 11.3 Å². The predicted molar refractivity (Wildman–Crippen MR) is 94.0 cm³/mol. The van der Waals surface area contributed by atoms with E-state index in [1.54, 1.807) is 18.2 Å². The number of carbonyl (C=O) groups is 1. The Morgan fingerprint density at radius 2 is 2.04 bits per heavy atom. The lowest BCUT2D eigenvalue weighted by Crippen LogP contribution is -2.08. The van der Waals surface area contributed by atoms with Crippen molar-refractivity contribution in [2.75, 3.05) is 6.61 Å². The van der Waals surface area contributed by atoms with Gasteiger partial charge in [-0.15, -0.1) is 0 Å². The molecule has 1 aromatic heterocycles. The number of rotatable bonds is 6. The number of aromatic nitrogens is 1. The molecule has 0 radical (unpaired) electrons. The topological polar surface area (TPSA) is 76.1 Å². The highest BCUT2D eigenvalue weighted by Crippen LogP contribution is 2.22. The number of nitrogens with zero attached hydrogens (tertiary/aromatic N) is 2. The number of benzene rings is 2. The van der Waals surface area contributed by atoms with Gasteiger partial charge < -0.3 is 9.15 Å². The summed E-state index contributed by atoms with van der Waals surface area (Å²) in [4.78, 5) is 16.6. The molecule has 124 valence electrons. The summed E-state index contributed by atoms with van der Waals surface area (Å²) < 4.78 is 10.9. The number of fused-ring (bicyclic) bond motifs is 1. The van der Waals surface area contributed by atoms with Crippen LogP contribution in [0.2, 0.25) is 0 Å². The highest BCUT2D eigenvalue weighted by Gasteiger charge is 2.23. The highest BCUT2D eigenvalue weighted by atomic mass is 16.5. The van der Waals surface area contributed by atoms with Crippen molar-refractivity contribution >= 4 is 23.0 Å². The van der Waals surface area contributed by atoms with Crippen LogP contribution < -0.4 is 4.74 Å². The lowest BCUT2D eigenvalue weighted by molar-refractivity contribution is -0.115. The molecule has 0 amide bonds. The second-order valence-corrected chi connectivity index (χ2v) is 5.32. The molecule has 5 heteroatoms. The van der Waals surface area contributed by atoms with Crippen LogP contribution in [0.4, 0.5) is 0 Å². The van der Waals surface area contributed by atoms with Gasteiger partial charge >= 0.3 is 0 Å². The smallest absolute Gasteiger partial charge is 0.220 e. The number of oxazole rings is 1. The van der Waals surface area contributed by atoms with Gasteiger partial charge in [-0.2, -0.15) is 5.26 Å². The molecule has 0 fully saturated rings. The molecular weight excluding hydrogens is 316 g/mol. The van der Waals surface area contributed by atoms with Crippen molar-refractivity contribution in [3.8, 4) is 11.8 Å². The highest BCUT2D eigenvalue weighted by molar-refractivity contribution is 6.00. The van der Waals surface area contributed by atoms with E-state index in [1.807, 2.05) is 49.4 Å². The third kappa shape index (κ3) is 3.75. The van der Waals surface area contributed by atoms with Crippen LogP contribution in [0.3, 0.4) is 0 Å². The Morgan fingerprint density at radius 3 is 2.72 bits per heavy atom. The lowest BCUT2D eigenvalue weighted by Gasteiger charge is -2.02. The Bertz CT molecular complexity index is 916. The van der Waals surface area contributed by atoms with Gasteiger partial charge in [0.2, 0.25) is 5.89 Å². The minimum Gasteiger partial charge on any atom is -0.494 e. The van der Waals surface area contributed by atoms with Gasteiger partial charge in [-0.25, -0.2) is 4.98 Å². The zero-order valence-corrected chi connectivity index (χ0v) is 13.7. The van der Waals surface area contributed by atoms with Crippen molar-refractivity contribution in [2.24, 2.45) is 0 Å². The molecule has 25 heavy (non-hydrogen) atoms. The molecule has 3 aromatic rings. The fraction of sp³-hybridized carbons (Fsp3) is 0.150. The van der Waals surface area contributed by atoms with Gasteiger partial charge in [0.05, 0.1) is 12.7 Å². The Hall–Kier alpha value is -3.39. The Labute approximate surface area is 145 Å². The van der Waals surface area contributed by atoms with E-state index in [-0.39, 0.29) is 11.7 Å². The number of ketones is 1. The Kier molecular flexibility index (Phi) is 4.91. The molecule has 3 rings (SSSR count). The maximum atomic E-state index is 12.4. The molecular formula is C20H16N2O3. The standard InChI is InChI=1S/C20H16N2O3/c1-2-24-15-10-7-14(8-11-15)9-12-18(23)16(13-21)20-22-17-5-3-4-6-19(17)25-20/h3-12,16H,2H2,1H3/b12-9+/t16-/m1/s1. The van der Waals surface area contributed by atoms with Gasteiger partial charge in [0.15, 0.2) is 17.3 Å². The first-order valence-electron chi connectivity index (χ1n) is 7.91. The SMILES string of the molecule is CCOc1ccc(/C=C/C(=O)[C@@H](C#N)c2nc3ccccc3o2)cc1. The molecule has 1 heterocycles. The van der Waals surface area contributed by atoms with Crippen LogP contribution in [-0.4, -0.2) is 17.4 Å². The summed E-state index contributed by atoms with van der Waals surface area (Å²) in [5.41, 5.74) is 2.02. The fourth-order valence-electron chi connectivity index (χ4n) is 2.37. The van der Waals surface area contributed by atoms with Crippen LogP contribution in [0, 0.1) is 11.3 Å². The first kappa shape index (κ1) is 16.5. The van der Waals surface area contributed by atoms with Crippen molar-refractivity contribution < 1.29 is 13.9 Å². The van der Waals surface area contributed by atoms with Gasteiger partial charge in [-0.1, -0.05) is 30.3 Å². The van der Waals surface area contributed by atoms with E-state index in [0.717, 1.165) is 11.3 Å². The molecule has 0 saturated heterocycles. The largest absolute Gasteiger partial charge is 0.494 e. The molecule has 0 bridgehead atoms. The molecule has 0 saturated carbocycles. The number of allylic oxidation sites excluding steroid dienone is 1. The minimum atomic E-state index is -1.06.